The van der Waals surface area contributed by atoms with E-state index in [0.29, 0.717) is 37.8 Å². The highest BCUT2D eigenvalue weighted by atomic mass is 16.5. The van der Waals surface area contributed by atoms with E-state index in [1.807, 2.05) is 0 Å². The molecule has 1 aromatic rings. The molecule has 1 amide bonds. The number of nitrogens with zero attached hydrogens (tertiary/aromatic N) is 3. The molecule has 1 aliphatic carbocycles. The molecule has 2 fully saturated rings. The van der Waals surface area contributed by atoms with Gasteiger partial charge in [-0.15, -0.1) is 10.2 Å². The molecule has 1 saturated carbocycles. The third-order valence-corrected chi connectivity index (χ3v) is 5.53. The summed E-state index contributed by atoms with van der Waals surface area (Å²) in [5.74, 6) is 0.907. The number of aryl methyl sites for hydroxylation is 1. The minimum absolute atomic E-state index is 0.0909. The smallest absolute Gasteiger partial charge is 0.323 e. The highest BCUT2D eigenvalue weighted by Gasteiger charge is 2.38. The van der Waals surface area contributed by atoms with Gasteiger partial charge in [-0.05, 0) is 56.4 Å². The van der Waals surface area contributed by atoms with Crippen molar-refractivity contribution in [3.8, 4) is 0 Å². The third kappa shape index (κ3) is 5.98. The van der Waals surface area contributed by atoms with Gasteiger partial charge in [0.25, 0.3) is 0 Å². The lowest BCUT2D eigenvalue weighted by molar-refractivity contribution is -0.148. The number of aromatic nitrogens is 4. The predicted molar refractivity (Wildman–Crippen MR) is 97.5 cm³/mol. The van der Waals surface area contributed by atoms with Crippen LogP contribution in [0.3, 0.4) is 0 Å². The van der Waals surface area contributed by atoms with E-state index >= 15 is 0 Å². The second kappa shape index (κ2) is 9.77. The first-order chi connectivity index (χ1) is 13.8. The summed E-state index contributed by atoms with van der Waals surface area (Å²) >= 11 is 0. The van der Waals surface area contributed by atoms with E-state index in [1.165, 1.54) is 6.92 Å². The van der Waals surface area contributed by atoms with Crippen molar-refractivity contribution in [2.45, 2.75) is 57.9 Å². The van der Waals surface area contributed by atoms with E-state index in [0.717, 1.165) is 32.2 Å². The number of ether oxygens (including phenoxy) is 1. The number of rotatable bonds is 8. The van der Waals surface area contributed by atoms with Crippen LogP contribution in [0.25, 0.3) is 0 Å². The van der Waals surface area contributed by atoms with Gasteiger partial charge < -0.3 is 15.4 Å². The number of hydrogen-bond donors (Lipinski definition) is 3. The maximum atomic E-state index is 12.4. The molecule has 150 valence electrons. The summed E-state index contributed by atoms with van der Waals surface area (Å²) in [6, 6.07) is -0.315. The third-order valence-electron chi connectivity index (χ3n) is 5.53. The zero-order chi connectivity index (χ0) is 20.9. The Balaban J connectivity index is 1.45. The normalized spacial score (nSPS) is 29.2. The molecule has 0 bridgehead atoms. The van der Waals surface area contributed by atoms with Crippen LogP contribution in [0.15, 0.2) is 0 Å². The number of fused-ring (bicyclic) bond motifs is 1. The molecule has 0 spiro atoms. The Morgan fingerprint density at radius 2 is 2.22 bits per heavy atom. The zero-order valence-corrected chi connectivity index (χ0v) is 15.7. The zero-order valence-electron chi connectivity index (χ0n) is 17.7. The van der Waals surface area contributed by atoms with Crippen LogP contribution < -0.4 is 10.6 Å². The van der Waals surface area contributed by atoms with Crippen LogP contribution in [0, 0.1) is 17.8 Å². The highest BCUT2D eigenvalue weighted by molar-refractivity contribution is 5.76. The van der Waals surface area contributed by atoms with Gasteiger partial charge in [-0.2, -0.15) is 5.21 Å². The summed E-state index contributed by atoms with van der Waals surface area (Å²) in [5, 5.41) is 19.4. The van der Waals surface area contributed by atoms with Gasteiger partial charge in [0.1, 0.15) is 6.04 Å². The summed E-state index contributed by atoms with van der Waals surface area (Å²) in [6.45, 7) is 3.04. The highest BCUT2D eigenvalue weighted by Crippen LogP contribution is 2.40. The lowest BCUT2D eigenvalue weighted by atomic mass is 9.69. The van der Waals surface area contributed by atoms with E-state index in [1.54, 1.807) is 0 Å². The van der Waals surface area contributed by atoms with Gasteiger partial charge in [-0.3, -0.25) is 9.59 Å². The van der Waals surface area contributed by atoms with Crippen LogP contribution in [0.2, 0.25) is 0 Å². The van der Waals surface area contributed by atoms with E-state index in [4.69, 9.17) is 7.48 Å². The first-order valence-electron chi connectivity index (χ1n) is 10.7. The van der Waals surface area contributed by atoms with Crippen molar-refractivity contribution >= 4 is 11.9 Å². The number of piperidine rings is 1. The Kier molecular flexibility index (Phi) is 6.19. The van der Waals surface area contributed by atoms with Crippen molar-refractivity contribution in [1.82, 2.24) is 31.3 Å². The molecule has 2 heterocycles. The summed E-state index contributed by atoms with van der Waals surface area (Å²) in [6.07, 6.45) is 2.97. The predicted octanol–water partition coefficient (Wildman–Crippen LogP) is 0.596. The number of esters is 1. The van der Waals surface area contributed by atoms with Gasteiger partial charge in [-0.1, -0.05) is 11.6 Å². The Morgan fingerprint density at radius 1 is 1.33 bits per heavy atom. The topological polar surface area (TPSA) is 122 Å². The lowest BCUT2D eigenvalue weighted by Gasteiger charge is -2.42. The lowest BCUT2D eigenvalue weighted by Crippen LogP contribution is -2.50. The fraction of sp³-hybridized carbons (Fsp3) is 0.833. The van der Waals surface area contributed by atoms with Crippen LogP contribution in [0.1, 0.15) is 54.0 Å². The molecule has 1 saturated heterocycles. The molecule has 9 nitrogen and oxygen atoms in total. The van der Waals surface area contributed by atoms with Crippen LogP contribution in [-0.4, -0.2) is 58.2 Å². The largest absolute Gasteiger partial charge is 0.464 e. The fourth-order valence-corrected chi connectivity index (χ4v) is 4.11. The molecule has 2 aliphatic rings. The van der Waals surface area contributed by atoms with Gasteiger partial charge in [0.05, 0.1) is 6.61 Å². The van der Waals surface area contributed by atoms with Crippen molar-refractivity contribution in [2.75, 3.05) is 19.7 Å². The SMILES string of the molecule is [2H]C([2H])(C[C@H]1CC[C@H]2CN[C@H](C(=O)OCCCNC(C)=O)C[C@H]2C1)c1nn[nH]n1. The maximum Gasteiger partial charge on any atom is 0.323 e. The van der Waals surface area contributed by atoms with Crippen LogP contribution in [0.4, 0.5) is 0 Å². The average molecular weight is 380 g/mol. The van der Waals surface area contributed by atoms with Crippen molar-refractivity contribution in [3.63, 3.8) is 0 Å². The summed E-state index contributed by atoms with van der Waals surface area (Å²) < 4.78 is 21.9. The monoisotopic (exact) mass is 380 g/mol. The number of amides is 1. The minimum Gasteiger partial charge on any atom is -0.464 e. The fourth-order valence-electron chi connectivity index (χ4n) is 4.11. The summed E-state index contributed by atoms with van der Waals surface area (Å²) in [5.41, 5.74) is 0. The Morgan fingerprint density at radius 3 is 3.00 bits per heavy atom. The van der Waals surface area contributed by atoms with Gasteiger partial charge in [0.2, 0.25) is 5.91 Å². The van der Waals surface area contributed by atoms with E-state index in [2.05, 4.69) is 31.3 Å². The molecule has 3 rings (SSSR count). The summed E-state index contributed by atoms with van der Waals surface area (Å²) in [7, 11) is 0. The minimum atomic E-state index is -1.61. The second-order valence-corrected chi connectivity index (χ2v) is 7.52. The van der Waals surface area contributed by atoms with Crippen LogP contribution >= 0.6 is 0 Å². The molecular weight excluding hydrogens is 348 g/mol. The number of nitrogens with one attached hydrogen (secondary N) is 3. The Hall–Kier alpha value is -2.03. The molecule has 1 aromatic heterocycles. The van der Waals surface area contributed by atoms with E-state index < -0.39 is 6.37 Å². The molecule has 9 heteroatoms. The number of carbonyl (C=O) groups is 2. The summed E-state index contributed by atoms with van der Waals surface area (Å²) in [4.78, 5) is 23.2. The van der Waals surface area contributed by atoms with Crippen molar-refractivity contribution in [3.05, 3.63) is 5.82 Å². The number of hydrogen-bond acceptors (Lipinski definition) is 7. The van der Waals surface area contributed by atoms with Gasteiger partial charge in [0.15, 0.2) is 5.82 Å². The average Bonchev–Trinajstić information content (AvgIpc) is 3.22. The van der Waals surface area contributed by atoms with Crippen LogP contribution in [-0.2, 0) is 20.7 Å². The van der Waals surface area contributed by atoms with E-state index in [-0.39, 0.29) is 29.7 Å². The molecule has 0 aromatic carbocycles. The Bertz CT molecular complexity index is 687. The molecular formula is C18H30N6O3. The molecule has 0 unspecified atom stereocenters. The molecule has 4 atom stereocenters. The number of H-pyrrole nitrogens is 1. The molecule has 3 N–H and O–H groups in total. The Labute approximate surface area is 162 Å². The number of tetrazole rings is 1. The van der Waals surface area contributed by atoms with Crippen molar-refractivity contribution in [1.29, 1.82) is 0 Å². The first-order valence-corrected chi connectivity index (χ1v) is 9.73. The standard InChI is InChI=1S/C18H30N6O3/c1-12(25)19-7-2-8-27-18(26)16-10-15-9-13(3-5-14(15)11-20-16)4-6-17-21-23-24-22-17/h13-16,20H,2-11H2,1H3,(H,19,25)(H,21,22,23,24)/t13-,14+,15-,16+/m1/s1/i6D2. The molecule has 0 radical (unpaired) electrons. The van der Waals surface area contributed by atoms with Crippen molar-refractivity contribution < 1.29 is 17.1 Å². The quantitative estimate of drug-likeness (QED) is 0.446. The molecule has 27 heavy (non-hydrogen) atoms. The molecule has 1 aliphatic heterocycles. The first kappa shape index (κ1) is 17.1. The van der Waals surface area contributed by atoms with Crippen LogP contribution in [0.5, 0.6) is 0 Å². The number of aromatic amines is 1. The second-order valence-electron chi connectivity index (χ2n) is 7.52. The van der Waals surface area contributed by atoms with E-state index in [9.17, 15) is 9.59 Å². The van der Waals surface area contributed by atoms with Gasteiger partial charge in [-0.25, -0.2) is 0 Å². The van der Waals surface area contributed by atoms with Gasteiger partial charge in [0, 0.05) is 22.6 Å². The maximum absolute atomic E-state index is 12.4. The number of carbonyl (C=O) groups excluding carboxylic acids is 2. The van der Waals surface area contributed by atoms with Crippen molar-refractivity contribution in [2.24, 2.45) is 17.8 Å². The van der Waals surface area contributed by atoms with Gasteiger partial charge >= 0.3 is 5.97 Å².